The fraction of sp³-hybridized carbons (Fsp3) is 0.333. The first-order chi connectivity index (χ1) is 6.77. The van der Waals surface area contributed by atoms with Crippen LogP contribution in [0.1, 0.15) is 11.4 Å². The van der Waals surface area contributed by atoms with E-state index in [1.807, 2.05) is 18.5 Å². The summed E-state index contributed by atoms with van der Waals surface area (Å²) in [5, 5.41) is 11.2. The molecule has 0 saturated carbocycles. The normalized spacial score (nSPS) is 11.0. The van der Waals surface area contributed by atoms with Gasteiger partial charge in [0, 0.05) is 0 Å². The molecule has 2 aromatic rings. The molecule has 0 bridgehead atoms. The van der Waals surface area contributed by atoms with Crippen LogP contribution in [0, 0.1) is 17.4 Å². The molecule has 2 aromatic heterocycles. The van der Waals surface area contributed by atoms with Crippen LogP contribution in [0.5, 0.6) is 0 Å². The summed E-state index contributed by atoms with van der Waals surface area (Å²) in [7, 11) is 0. The van der Waals surface area contributed by atoms with Gasteiger partial charge in [-0.25, -0.2) is 0 Å². The first kappa shape index (κ1) is 9.70. The molecule has 0 amide bonds. The summed E-state index contributed by atoms with van der Waals surface area (Å²) in [5.74, 6) is 0. The number of aryl methyl sites for hydroxylation is 2. The molecule has 0 saturated heterocycles. The molecule has 1 N–H and O–H groups in total. The number of nitrogens with one attached hydrogen (secondary N) is 1. The van der Waals surface area contributed by atoms with Gasteiger partial charge in [-0.1, -0.05) is 0 Å². The first-order valence-electron chi connectivity index (χ1n) is 4.35. The zero-order chi connectivity index (χ0) is 9.97. The standard InChI is InChI=1S/C9H12IN4/c1-7-3-4-12-14(7)6-10-9-5-11-13-8(9)2/h3-5H,6H2,1-2H3,(H,11,13)/q-1. The first-order valence-corrected chi connectivity index (χ1v) is 6.95. The Kier molecular flexibility index (Phi) is 2.85. The summed E-state index contributed by atoms with van der Waals surface area (Å²) >= 11 is -0.0199. The Morgan fingerprint density at radius 1 is 1.50 bits per heavy atom. The molecule has 0 unspecified atom stereocenters. The van der Waals surface area contributed by atoms with Gasteiger partial charge in [-0.15, -0.1) is 0 Å². The van der Waals surface area contributed by atoms with Gasteiger partial charge in [0.25, 0.3) is 0 Å². The molecule has 0 radical (unpaired) electrons. The van der Waals surface area contributed by atoms with Gasteiger partial charge >= 0.3 is 93.0 Å². The van der Waals surface area contributed by atoms with Crippen LogP contribution in [-0.2, 0) is 4.55 Å². The number of aromatic nitrogens is 4. The topological polar surface area (TPSA) is 46.5 Å². The molecular weight excluding hydrogens is 291 g/mol. The Balaban J connectivity index is 2.02. The van der Waals surface area contributed by atoms with Crippen LogP contribution in [0.4, 0.5) is 0 Å². The Morgan fingerprint density at radius 2 is 2.36 bits per heavy atom. The van der Waals surface area contributed by atoms with Gasteiger partial charge in [-0.05, 0) is 0 Å². The molecule has 0 aromatic carbocycles. The number of hydrogen-bond acceptors (Lipinski definition) is 2. The van der Waals surface area contributed by atoms with Gasteiger partial charge in [-0.3, -0.25) is 0 Å². The second kappa shape index (κ2) is 4.12. The van der Waals surface area contributed by atoms with Crippen molar-refractivity contribution in [2.75, 3.05) is 0 Å². The third-order valence-corrected chi connectivity index (χ3v) is 4.91. The van der Waals surface area contributed by atoms with E-state index in [1.54, 1.807) is 0 Å². The van der Waals surface area contributed by atoms with Crippen LogP contribution >= 0.6 is 0 Å². The fourth-order valence-corrected chi connectivity index (χ4v) is 3.55. The fourth-order valence-electron chi connectivity index (χ4n) is 1.12. The molecule has 2 heterocycles. The predicted molar refractivity (Wildman–Crippen MR) is 49.0 cm³/mol. The van der Waals surface area contributed by atoms with Crippen molar-refractivity contribution in [3.63, 3.8) is 0 Å². The van der Waals surface area contributed by atoms with E-state index in [0.717, 1.165) is 4.55 Å². The molecule has 14 heavy (non-hydrogen) atoms. The third kappa shape index (κ3) is 1.97. The molecule has 4 nitrogen and oxygen atoms in total. The van der Waals surface area contributed by atoms with Crippen molar-refractivity contribution in [3.8, 4) is 0 Å². The van der Waals surface area contributed by atoms with Crippen molar-refractivity contribution in [2.45, 2.75) is 18.4 Å². The summed E-state index contributed by atoms with van der Waals surface area (Å²) in [6.07, 6.45) is 3.78. The van der Waals surface area contributed by atoms with E-state index < -0.39 is 0 Å². The Bertz CT molecular complexity index is 378. The quantitative estimate of drug-likeness (QED) is 0.534. The summed E-state index contributed by atoms with van der Waals surface area (Å²) < 4.78 is 4.45. The number of rotatable bonds is 3. The van der Waals surface area contributed by atoms with Gasteiger partial charge in [0.05, 0.1) is 0 Å². The number of aromatic amines is 1. The van der Waals surface area contributed by atoms with Crippen molar-refractivity contribution in [3.05, 3.63) is 33.4 Å². The van der Waals surface area contributed by atoms with Crippen LogP contribution < -0.4 is 21.2 Å². The van der Waals surface area contributed by atoms with Gasteiger partial charge < -0.3 is 0 Å². The summed E-state index contributed by atoms with van der Waals surface area (Å²) in [6, 6.07) is 2.03. The monoisotopic (exact) mass is 303 g/mol. The van der Waals surface area contributed by atoms with E-state index in [-0.39, 0.29) is 21.2 Å². The molecular formula is C9H12IN4-. The number of H-pyrrole nitrogens is 1. The second-order valence-corrected chi connectivity index (χ2v) is 5.68. The molecule has 0 spiro atoms. The van der Waals surface area contributed by atoms with Crippen LogP contribution in [0.3, 0.4) is 0 Å². The van der Waals surface area contributed by atoms with Crippen molar-refractivity contribution in [1.82, 2.24) is 20.0 Å². The van der Waals surface area contributed by atoms with Gasteiger partial charge in [-0.2, -0.15) is 0 Å². The Labute approximate surface area is 93.0 Å². The summed E-state index contributed by atoms with van der Waals surface area (Å²) in [4.78, 5) is 0. The number of hydrogen-bond donors (Lipinski definition) is 1. The van der Waals surface area contributed by atoms with Gasteiger partial charge in [0.15, 0.2) is 0 Å². The van der Waals surface area contributed by atoms with Crippen LogP contribution in [0.15, 0.2) is 18.5 Å². The molecule has 5 heteroatoms. The predicted octanol–water partition coefficient (Wildman–Crippen LogP) is -1.86. The average molecular weight is 303 g/mol. The molecule has 0 aliphatic rings. The zero-order valence-corrected chi connectivity index (χ0v) is 10.3. The number of alkyl halides is 1. The van der Waals surface area contributed by atoms with Crippen molar-refractivity contribution in [1.29, 1.82) is 0 Å². The minimum absolute atomic E-state index is 0.0199. The van der Waals surface area contributed by atoms with E-state index in [0.29, 0.717) is 0 Å². The second-order valence-electron chi connectivity index (χ2n) is 3.07. The van der Waals surface area contributed by atoms with E-state index in [2.05, 4.69) is 33.8 Å². The maximum atomic E-state index is 4.26. The van der Waals surface area contributed by atoms with E-state index in [9.17, 15) is 0 Å². The van der Waals surface area contributed by atoms with Gasteiger partial charge in [0.1, 0.15) is 0 Å². The summed E-state index contributed by atoms with van der Waals surface area (Å²) in [6.45, 7) is 4.15. The number of halogens is 1. The molecule has 2 rings (SSSR count). The van der Waals surface area contributed by atoms with Crippen molar-refractivity contribution in [2.24, 2.45) is 0 Å². The van der Waals surface area contributed by atoms with Crippen molar-refractivity contribution >= 4 is 0 Å². The van der Waals surface area contributed by atoms with Crippen molar-refractivity contribution < 1.29 is 21.2 Å². The van der Waals surface area contributed by atoms with Crippen LogP contribution in [0.2, 0.25) is 0 Å². The van der Waals surface area contributed by atoms with Crippen LogP contribution in [-0.4, -0.2) is 20.0 Å². The number of nitrogens with zero attached hydrogens (tertiary/aromatic N) is 3. The molecule has 0 fully saturated rings. The van der Waals surface area contributed by atoms with E-state index in [4.69, 9.17) is 0 Å². The molecule has 0 atom stereocenters. The SMILES string of the molecule is Cc1[nH]ncc1[I-]Cn1nccc1C. The zero-order valence-electron chi connectivity index (χ0n) is 8.16. The molecule has 0 aliphatic carbocycles. The third-order valence-electron chi connectivity index (χ3n) is 2.01. The van der Waals surface area contributed by atoms with Gasteiger partial charge in [0.2, 0.25) is 0 Å². The maximum absolute atomic E-state index is 4.26. The average Bonchev–Trinajstić information content (AvgIpc) is 2.72. The summed E-state index contributed by atoms with van der Waals surface area (Å²) in [5.41, 5.74) is 2.42. The molecule has 0 aliphatic heterocycles. The minimum atomic E-state index is -0.0199. The Morgan fingerprint density at radius 3 is 2.93 bits per heavy atom. The molecule has 76 valence electrons. The van der Waals surface area contributed by atoms with E-state index >= 15 is 0 Å². The van der Waals surface area contributed by atoms with Crippen LogP contribution in [0.25, 0.3) is 0 Å². The van der Waals surface area contributed by atoms with E-state index in [1.165, 1.54) is 15.0 Å². The Hall–Kier alpha value is -0.850.